The van der Waals surface area contributed by atoms with E-state index in [-0.39, 0.29) is 0 Å². The summed E-state index contributed by atoms with van der Waals surface area (Å²) in [6.07, 6.45) is 4.60. The van der Waals surface area contributed by atoms with Gasteiger partial charge in [-0.05, 0) is 38.0 Å². The van der Waals surface area contributed by atoms with E-state index in [1.807, 2.05) is 23.0 Å². The summed E-state index contributed by atoms with van der Waals surface area (Å²) in [5.74, 6) is 0. The lowest BCUT2D eigenvalue weighted by Gasteiger charge is -2.06. The number of hydrogen-bond acceptors (Lipinski definition) is 2. The molecule has 0 spiro atoms. The van der Waals surface area contributed by atoms with Crippen molar-refractivity contribution in [2.24, 2.45) is 0 Å². The van der Waals surface area contributed by atoms with Crippen LogP contribution in [-0.2, 0) is 6.54 Å². The zero-order valence-electron chi connectivity index (χ0n) is 10.4. The number of rotatable bonds is 4. The minimum atomic E-state index is 0.735. The first-order chi connectivity index (χ1) is 8.74. The van der Waals surface area contributed by atoms with E-state index in [2.05, 4.69) is 45.4 Å². The van der Waals surface area contributed by atoms with Gasteiger partial charge < -0.3 is 5.32 Å². The fraction of sp³-hybridized carbons (Fsp3) is 0.357. The first kappa shape index (κ1) is 11.9. The second-order valence-electron chi connectivity index (χ2n) is 4.80. The van der Waals surface area contributed by atoms with Crippen LogP contribution in [0.3, 0.4) is 0 Å². The minimum absolute atomic E-state index is 0.735. The maximum atomic E-state index is 4.48. The van der Waals surface area contributed by atoms with Crippen LogP contribution in [0.1, 0.15) is 24.1 Å². The number of aromatic nitrogens is 2. The third-order valence-electron chi connectivity index (χ3n) is 3.32. The minimum Gasteiger partial charge on any atom is -0.310 e. The summed E-state index contributed by atoms with van der Waals surface area (Å²) in [5.41, 5.74) is 3.59. The van der Waals surface area contributed by atoms with E-state index in [4.69, 9.17) is 0 Å². The zero-order chi connectivity index (χ0) is 12.5. The van der Waals surface area contributed by atoms with E-state index in [9.17, 15) is 0 Å². The molecule has 4 heteroatoms. The van der Waals surface area contributed by atoms with Gasteiger partial charge in [0.1, 0.15) is 0 Å². The molecule has 18 heavy (non-hydrogen) atoms. The Balaban J connectivity index is 1.83. The second-order valence-corrected chi connectivity index (χ2v) is 5.72. The molecule has 0 bridgehead atoms. The van der Waals surface area contributed by atoms with Crippen molar-refractivity contribution >= 4 is 15.9 Å². The molecule has 0 amide bonds. The monoisotopic (exact) mass is 305 g/mol. The van der Waals surface area contributed by atoms with E-state index in [0.717, 1.165) is 22.7 Å². The molecule has 0 atom stereocenters. The zero-order valence-corrected chi connectivity index (χ0v) is 11.9. The van der Waals surface area contributed by atoms with Gasteiger partial charge in [0.25, 0.3) is 0 Å². The standard InChI is InChI=1S/C14H16BrN3/c1-10-11(8-16-13-5-6-13)9-17-18(10)14-4-2-3-12(15)7-14/h2-4,7,9,13,16H,5-6,8H2,1H3. The average molecular weight is 306 g/mol. The first-order valence-electron chi connectivity index (χ1n) is 6.27. The van der Waals surface area contributed by atoms with Gasteiger partial charge >= 0.3 is 0 Å². The second kappa shape index (κ2) is 4.86. The molecule has 1 heterocycles. The predicted octanol–water partition coefficient (Wildman–Crippen LogP) is 3.20. The van der Waals surface area contributed by atoms with E-state index < -0.39 is 0 Å². The van der Waals surface area contributed by atoms with E-state index in [0.29, 0.717) is 0 Å². The topological polar surface area (TPSA) is 29.9 Å². The number of benzene rings is 1. The highest BCUT2D eigenvalue weighted by Gasteiger charge is 2.20. The molecule has 1 aromatic carbocycles. The molecule has 2 aromatic rings. The van der Waals surface area contributed by atoms with Gasteiger partial charge in [-0.25, -0.2) is 4.68 Å². The normalized spacial score (nSPS) is 15.0. The lowest BCUT2D eigenvalue weighted by atomic mass is 10.2. The quantitative estimate of drug-likeness (QED) is 0.940. The molecular formula is C14H16BrN3. The summed E-state index contributed by atoms with van der Waals surface area (Å²) in [5, 5.41) is 8.01. The Morgan fingerprint density at radius 3 is 3.00 bits per heavy atom. The summed E-state index contributed by atoms with van der Waals surface area (Å²) >= 11 is 3.50. The van der Waals surface area contributed by atoms with Crippen molar-refractivity contribution in [1.82, 2.24) is 15.1 Å². The van der Waals surface area contributed by atoms with E-state index in [1.54, 1.807) is 0 Å². The van der Waals surface area contributed by atoms with Gasteiger partial charge in [0.15, 0.2) is 0 Å². The van der Waals surface area contributed by atoms with Crippen molar-refractivity contribution in [1.29, 1.82) is 0 Å². The van der Waals surface area contributed by atoms with Crippen molar-refractivity contribution in [3.8, 4) is 5.69 Å². The molecule has 1 aromatic heterocycles. The highest BCUT2D eigenvalue weighted by atomic mass is 79.9. The van der Waals surface area contributed by atoms with Gasteiger partial charge in [-0.3, -0.25) is 0 Å². The van der Waals surface area contributed by atoms with Gasteiger partial charge in [0.2, 0.25) is 0 Å². The molecular weight excluding hydrogens is 290 g/mol. The van der Waals surface area contributed by atoms with Crippen molar-refractivity contribution in [2.45, 2.75) is 32.4 Å². The van der Waals surface area contributed by atoms with Crippen LogP contribution in [0.25, 0.3) is 5.69 Å². The van der Waals surface area contributed by atoms with Gasteiger partial charge in [-0.15, -0.1) is 0 Å². The highest BCUT2D eigenvalue weighted by molar-refractivity contribution is 9.10. The molecule has 94 valence electrons. The average Bonchev–Trinajstić information content (AvgIpc) is 3.11. The number of nitrogens with zero attached hydrogens (tertiary/aromatic N) is 2. The third-order valence-corrected chi connectivity index (χ3v) is 3.82. The van der Waals surface area contributed by atoms with Crippen molar-refractivity contribution in [2.75, 3.05) is 0 Å². The maximum Gasteiger partial charge on any atom is 0.0660 e. The smallest absolute Gasteiger partial charge is 0.0660 e. The number of hydrogen-bond donors (Lipinski definition) is 1. The van der Waals surface area contributed by atoms with Crippen LogP contribution >= 0.6 is 15.9 Å². The van der Waals surface area contributed by atoms with Crippen LogP contribution in [0.15, 0.2) is 34.9 Å². The SMILES string of the molecule is Cc1c(CNC2CC2)cnn1-c1cccc(Br)c1. The van der Waals surface area contributed by atoms with Crippen LogP contribution in [-0.4, -0.2) is 15.8 Å². The molecule has 1 saturated carbocycles. The van der Waals surface area contributed by atoms with Crippen LogP contribution in [0.2, 0.25) is 0 Å². The molecule has 3 rings (SSSR count). The Morgan fingerprint density at radius 2 is 2.28 bits per heavy atom. The summed E-state index contributed by atoms with van der Waals surface area (Å²) in [6, 6.07) is 8.94. The lowest BCUT2D eigenvalue weighted by Crippen LogP contribution is -2.15. The molecule has 0 aliphatic heterocycles. The van der Waals surface area contributed by atoms with Gasteiger partial charge in [0, 0.05) is 28.3 Å². The highest BCUT2D eigenvalue weighted by Crippen LogP contribution is 2.21. The summed E-state index contributed by atoms with van der Waals surface area (Å²) in [6.45, 7) is 3.04. The van der Waals surface area contributed by atoms with Crippen molar-refractivity contribution in [3.05, 3.63) is 46.2 Å². The Bertz CT molecular complexity index is 558. The van der Waals surface area contributed by atoms with E-state index >= 15 is 0 Å². The fourth-order valence-electron chi connectivity index (χ4n) is 2.03. The van der Waals surface area contributed by atoms with Crippen LogP contribution in [0.5, 0.6) is 0 Å². The largest absolute Gasteiger partial charge is 0.310 e. The predicted molar refractivity (Wildman–Crippen MR) is 75.9 cm³/mol. The Morgan fingerprint density at radius 1 is 1.44 bits per heavy atom. The molecule has 1 aliphatic rings. The Labute approximate surface area is 115 Å². The Hall–Kier alpha value is -1.13. The maximum absolute atomic E-state index is 4.48. The molecule has 0 saturated heterocycles. The fourth-order valence-corrected chi connectivity index (χ4v) is 2.41. The van der Waals surface area contributed by atoms with Gasteiger partial charge in [0.05, 0.1) is 11.9 Å². The molecule has 3 nitrogen and oxygen atoms in total. The molecule has 0 unspecified atom stereocenters. The van der Waals surface area contributed by atoms with Crippen LogP contribution < -0.4 is 5.32 Å². The molecule has 1 N–H and O–H groups in total. The summed E-state index contributed by atoms with van der Waals surface area (Å²) < 4.78 is 3.07. The third kappa shape index (κ3) is 2.49. The lowest BCUT2D eigenvalue weighted by molar-refractivity contribution is 0.684. The van der Waals surface area contributed by atoms with Gasteiger partial charge in [-0.1, -0.05) is 22.0 Å². The van der Waals surface area contributed by atoms with Crippen LogP contribution in [0.4, 0.5) is 0 Å². The number of halogens is 1. The van der Waals surface area contributed by atoms with Crippen molar-refractivity contribution in [3.63, 3.8) is 0 Å². The summed E-state index contributed by atoms with van der Waals surface area (Å²) in [4.78, 5) is 0. The molecule has 1 aliphatic carbocycles. The van der Waals surface area contributed by atoms with Crippen LogP contribution in [0, 0.1) is 6.92 Å². The molecule has 0 radical (unpaired) electrons. The molecule has 1 fully saturated rings. The number of nitrogens with one attached hydrogen (secondary N) is 1. The summed E-state index contributed by atoms with van der Waals surface area (Å²) in [7, 11) is 0. The van der Waals surface area contributed by atoms with Crippen molar-refractivity contribution < 1.29 is 0 Å². The Kier molecular flexibility index (Phi) is 3.22. The van der Waals surface area contributed by atoms with E-state index in [1.165, 1.54) is 24.1 Å². The first-order valence-corrected chi connectivity index (χ1v) is 7.06. The van der Waals surface area contributed by atoms with Gasteiger partial charge in [-0.2, -0.15) is 5.10 Å².